The highest BCUT2D eigenvalue weighted by Crippen LogP contribution is 2.29. The average Bonchev–Trinajstić information content (AvgIpc) is 3.26. The Bertz CT molecular complexity index is 1250. The molecular formula is C28H36FN7O. The zero-order chi connectivity index (χ0) is 26.5. The van der Waals surface area contributed by atoms with Crippen molar-refractivity contribution in [2.75, 3.05) is 42.7 Å². The van der Waals surface area contributed by atoms with E-state index in [1.54, 1.807) is 19.2 Å². The van der Waals surface area contributed by atoms with E-state index in [9.17, 15) is 4.39 Å². The van der Waals surface area contributed by atoms with E-state index in [4.69, 9.17) is 10.5 Å². The smallest absolute Gasteiger partial charge is 0.229 e. The van der Waals surface area contributed by atoms with Gasteiger partial charge in [-0.3, -0.25) is 4.99 Å². The maximum absolute atomic E-state index is 14.8. The first-order chi connectivity index (χ1) is 17.8. The first-order valence-corrected chi connectivity index (χ1v) is 12.8. The number of nitrogens with two attached hydrogens (primary N) is 1. The van der Waals surface area contributed by atoms with Crippen molar-refractivity contribution in [3.05, 3.63) is 54.1 Å². The van der Waals surface area contributed by atoms with E-state index in [-0.39, 0.29) is 23.7 Å². The third kappa shape index (κ3) is 6.05. The van der Waals surface area contributed by atoms with Gasteiger partial charge in [0.25, 0.3) is 0 Å². The molecule has 1 aromatic carbocycles. The Hall–Kier alpha value is -3.59. The second kappa shape index (κ2) is 11.6. The van der Waals surface area contributed by atoms with Crippen LogP contribution in [0.25, 0.3) is 11.3 Å². The van der Waals surface area contributed by atoms with Crippen molar-refractivity contribution in [3.8, 4) is 11.3 Å². The third-order valence-electron chi connectivity index (χ3n) is 6.57. The zero-order valence-electron chi connectivity index (χ0n) is 22.2. The maximum Gasteiger partial charge on any atom is 0.229 e. The number of aromatic nitrogens is 3. The molecule has 2 aromatic heterocycles. The second-order valence-corrected chi connectivity index (χ2v) is 9.77. The van der Waals surface area contributed by atoms with E-state index in [0.717, 1.165) is 49.3 Å². The summed E-state index contributed by atoms with van der Waals surface area (Å²) in [7, 11) is 1.73. The minimum absolute atomic E-state index is 0.169. The lowest BCUT2D eigenvalue weighted by Crippen LogP contribution is -2.23. The summed E-state index contributed by atoms with van der Waals surface area (Å²) in [5.41, 5.74) is 10.2. The van der Waals surface area contributed by atoms with Crippen molar-refractivity contribution in [1.29, 1.82) is 0 Å². The zero-order valence-corrected chi connectivity index (χ0v) is 22.2. The van der Waals surface area contributed by atoms with Gasteiger partial charge < -0.3 is 20.7 Å². The van der Waals surface area contributed by atoms with Gasteiger partial charge in [0.05, 0.1) is 24.2 Å². The molecule has 3 heterocycles. The van der Waals surface area contributed by atoms with Gasteiger partial charge in [-0.25, -0.2) is 19.3 Å². The van der Waals surface area contributed by atoms with Crippen molar-refractivity contribution >= 4 is 28.9 Å². The summed E-state index contributed by atoms with van der Waals surface area (Å²) in [6.07, 6.45) is 4.24. The Morgan fingerprint density at radius 2 is 2.03 bits per heavy atom. The van der Waals surface area contributed by atoms with Crippen molar-refractivity contribution in [1.82, 2.24) is 15.0 Å². The monoisotopic (exact) mass is 505 g/mol. The molecule has 1 fully saturated rings. The number of nitrogens with one attached hydrogen (secondary N) is 1. The van der Waals surface area contributed by atoms with Gasteiger partial charge in [0, 0.05) is 55.2 Å². The van der Waals surface area contributed by atoms with Crippen LogP contribution in [0.4, 0.5) is 27.5 Å². The number of aliphatic imine (C=N–C) groups is 1. The van der Waals surface area contributed by atoms with Crippen molar-refractivity contribution in [2.24, 2.45) is 16.8 Å². The molecule has 0 aliphatic carbocycles. The molecule has 0 bridgehead atoms. The molecule has 1 aliphatic rings. The van der Waals surface area contributed by atoms with Crippen LogP contribution in [0, 0.1) is 17.7 Å². The number of anilines is 4. The number of pyridine rings is 1. The van der Waals surface area contributed by atoms with Gasteiger partial charge >= 0.3 is 0 Å². The topological polar surface area (TPSA) is 102 Å². The number of nitrogens with zero attached hydrogens (tertiary/aromatic N) is 5. The molecule has 1 saturated heterocycles. The van der Waals surface area contributed by atoms with E-state index in [1.807, 2.05) is 38.2 Å². The highest BCUT2D eigenvalue weighted by molar-refractivity contribution is 6.06. The van der Waals surface area contributed by atoms with E-state index >= 15 is 0 Å². The van der Waals surface area contributed by atoms with E-state index < -0.39 is 5.82 Å². The maximum atomic E-state index is 14.8. The SMILES string of the molecule is CCCOC1CN(c2ccc(Nc3ncc(F)c(-c4ccc(N)c(C(=NC)C(C)C)c4)n3)nc2)CC1C. The number of hydrogen-bond donors (Lipinski definition) is 2. The molecule has 0 radical (unpaired) electrons. The fraction of sp³-hybridized carbons (Fsp3) is 0.429. The number of hydrogen-bond acceptors (Lipinski definition) is 8. The van der Waals surface area contributed by atoms with E-state index in [0.29, 0.717) is 23.0 Å². The lowest BCUT2D eigenvalue weighted by atomic mass is 9.95. The summed E-state index contributed by atoms with van der Waals surface area (Å²) in [6, 6.07) is 9.22. The summed E-state index contributed by atoms with van der Waals surface area (Å²) in [4.78, 5) is 19.8. The molecule has 3 aromatic rings. The van der Waals surface area contributed by atoms with Gasteiger partial charge in [0.1, 0.15) is 11.5 Å². The van der Waals surface area contributed by atoms with Crippen LogP contribution in [0.1, 0.15) is 39.7 Å². The summed E-state index contributed by atoms with van der Waals surface area (Å²) in [6.45, 7) is 11.0. The van der Waals surface area contributed by atoms with Gasteiger partial charge in [-0.05, 0) is 36.6 Å². The Morgan fingerprint density at radius 1 is 1.22 bits per heavy atom. The lowest BCUT2D eigenvalue weighted by molar-refractivity contribution is 0.0437. The highest BCUT2D eigenvalue weighted by Gasteiger charge is 2.30. The van der Waals surface area contributed by atoms with Gasteiger partial charge in [-0.15, -0.1) is 0 Å². The van der Waals surface area contributed by atoms with Crippen molar-refractivity contribution < 1.29 is 9.13 Å². The summed E-state index contributed by atoms with van der Waals surface area (Å²) in [5, 5.41) is 3.09. The van der Waals surface area contributed by atoms with E-state index in [1.165, 1.54) is 0 Å². The van der Waals surface area contributed by atoms with Crippen LogP contribution in [-0.2, 0) is 4.74 Å². The van der Waals surface area contributed by atoms with Crippen LogP contribution < -0.4 is 16.0 Å². The molecule has 2 atom stereocenters. The van der Waals surface area contributed by atoms with Crippen LogP contribution in [0.5, 0.6) is 0 Å². The van der Waals surface area contributed by atoms with Gasteiger partial charge in [0.2, 0.25) is 5.95 Å². The minimum atomic E-state index is -0.521. The molecule has 0 amide bonds. The molecule has 0 saturated carbocycles. The first kappa shape index (κ1) is 26.5. The van der Waals surface area contributed by atoms with Crippen LogP contribution in [0.2, 0.25) is 0 Å². The van der Waals surface area contributed by atoms with Crippen molar-refractivity contribution in [2.45, 2.75) is 40.2 Å². The fourth-order valence-corrected chi connectivity index (χ4v) is 4.64. The van der Waals surface area contributed by atoms with Crippen LogP contribution in [-0.4, -0.2) is 53.5 Å². The predicted molar refractivity (Wildman–Crippen MR) is 148 cm³/mol. The highest BCUT2D eigenvalue weighted by atomic mass is 19.1. The Balaban J connectivity index is 1.51. The molecular weight excluding hydrogens is 469 g/mol. The molecule has 3 N–H and O–H groups in total. The Labute approximate surface area is 218 Å². The standard InChI is InChI=1S/C28H36FN7O/c1-6-11-37-24-16-36(15-18(24)4)20-8-10-25(32-13-20)34-28-33-14-22(29)27(35-28)19-7-9-23(30)21(12-19)26(31-5)17(2)3/h7-10,12-14,17-18,24H,6,11,15-16,30H2,1-5H3,(H,32,33,34,35). The summed E-state index contributed by atoms with van der Waals surface area (Å²) in [5.74, 6) is 0.941. The third-order valence-corrected chi connectivity index (χ3v) is 6.57. The van der Waals surface area contributed by atoms with Crippen molar-refractivity contribution in [3.63, 3.8) is 0 Å². The van der Waals surface area contributed by atoms with Crippen LogP contribution in [0.3, 0.4) is 0 Å². The molecule has 4 rings (SSSR count). The van der Waals surface area contributed by atoms with Crippen LogP contribution in [0.15, 0.2) is 47.7 Å². The largest absolute Gasteiger partial charge is 0.398 e. The van der Waals surface area contributed by atoms with Gasteiger partial charge in [0.15, 0.2) is 5.82 Å². The fourth-order valence-electron chi connectivity index (χ4n) is 4.64. The number of benzene rings is 1. The van der Waals surface area contributed by atoms with Gasteiger partial charge in [-0.1, -0.05) is 33.8 Å². The molecule has 37 heavy (non-hydrogen) atoms. The molecule has 196 valence electrons. The molecule has 9 heteroatoms. The number of ether oxygens (including phenoxy) is 1. The molecule has 8 nitrogen and oxygen atoms in total. The number of nitrogen functional groups attached to an aromatic ring is 1. The normalized spacial score (nSPS) is 18.0. The predicted octanol–water partition coefficient (Wildman–Crippen LogP) is 5.33. The Morgan fingerprint density at radius 3 is 2.70 bits per heavy atom. The summed E-state index contributed by atoms with van der Waals surface area (Å²) >= 11 is 0. The molecule has 0 spiro atoms. The van der Waals surface area contributed by atoms with Crippen LogP contribution >= 0.6 is 0 Å². The number of halogens is 1. The molecule has 2 unspecified atom stereocenters. The molecule has 1 aliphatic heterocycles. The first-order valence-electron chi connectivity index (χ1n) is 12.8. The van der Waals surface area contributed by atoms with Gasteiger partial charge in [-0.2, -0.15) is 0 Å². The van der Waals surface area contributed by atoms with E-state index in [2.05, 4.69) is 44.0 Å². The summed E-state index contributed by atoms with van der Waals surface area (Å²) < 4.78 is 20.8. The Kier molecular flexibility index (Phi) is 8.33. The lowest BCUT2D eigenvalue weighted by Gasteiger charge is -2.18. The minimum Gasteiger partial charge on any atom is -0.398 e. The average molecular weight is 506 g/mol. The number of rotatable bonds is 9. The quantitative estimate of drug-likeness (QED) is 0.299. The second-order valence-electron chi connectivity index (χ2n) is 9.77.